The van der Waals surface area contributed by atoms with Gasteiger partial charge >= 0.3 is 0 Å². The van der Waals surface area contributed by atoms with Gasteiger partial charge in [-0.15, -0.1) is 0 Å². The van der Waals surface area contributed by atoms with Gasteiger partial charge < -0.3 is 14.7 Å². The average Bonchev–Trinajstić information content (AvgIpc) is 3.39. The van der Waals surface area contributed by atoms with Crippen molar-refractivity contribution in [1.29, 1.82) is 0 Å². The molecule has 0 aromatic heterocycles. The molecule has 25 heavy (non-hydrogen) atoms. The zero-order valence-electron chi connectivity index (χ0n) is 14.5. The Balaban J connectivity index is 1.42. The van der Waals surface area contributed by atoms with E-state index in [2.05, 4.69) is 0 Å². The van der Waals surface area contributed by atoms with Gasteiger partial charge in [0.25, 0.3) is 5.91 Å². The number of benzene rings is 1. The van der Waals surface area contributed by atoms with Crippen LogP contribution in [0.2, 0.25) is 0 Å². The van der Waals surface area contributed by atoms with Crippen molar-refractivity contribution in [2.75, 3.05) is 37.6 Å². The van der Waals surface area contributed by atoms with Gasteiger partial charge in [-0.25, -0.2) is 0 Å². The topological polar surface area (TPSA) is 60.9 Å². The third-order valence-electron chi connectivity index (χ3n) is 5.41. The molecule has 6 heteroatoms. The van der Waals surface area contributed by atoms with E-state index in [4.69, 9.17) is 0 Å². The summed E-state index contributed by atoms with van der Waals surface area (Å²) in [7, 11) is 0. The van der Waals surface area contributed by atoms with Crippen LogP contribution in [0.1, 0.15) is 35.7 Å². The predicted octanol–water partition coefficient (Wildman–Crippen LogP) is 1.29. The second-order valence-electron chi connectivity index (χ2n) is 7.16. The molecule has 0 spiro atoms. The number of rotatable bonds is 2. The predicted molar refractivity (Wildman–Crippen MR) is 93.4 cm³/mol. The first-order valence-corrected chi connectivity index (χ1v) is 9.03. The standard InChI is InChI=1S/C19H23N3O3/c1-13(23)22-7-6-15-12-16(4-5-17(15)22)19(25)21-10-8-20(9-11-21)18(24)14-2-3-14/h4-5,12,14H,2-3,6-11H2,1H3. The lowest BCUT2D eigenvalue weighted by Gasteiger charge is -2.35. The molecule has 0 unspecified atom stereocenters. The second-order valence-corrected chi connectivity index (χ2v) is 7.16. The Morgan fingerprint density at radius 1 is 0.960 bits per heavy atom. The van der Waals surface area contributed by atoms with E-state index in [9.17, 15) is 14.4 Å². The van der Waals surface area contributed by atoms with E-state index in [1.165, 1.54) is 0 Å². The molecule has 0 N–H and O–H groups in total. The average molecular weight is 341 g/mol. The number of anilines is 1. The van der Waals surface area contributed by atoms with Crippen molar-refractivity contribution in [3.63, 3.8) is 0 Å². The molecule has 3 amide bonds. The fraction of sp³-hybridized carbons (Fsp3) is 0.526. The molecular formula is C19H23N3O3. The first kappa shape index (κ1) is 16.1. The highest BCUT2D eigenvalue weighted by atomic mass is 16.2. The van der Waals surface area contributed by atoms with Crippen LogP contribution in [0.15, 0.2) is 18.2 Å². The number of amides is 3. The molecule has 1 saturated heterocycles. The first-order chi connectivity index (χ1) is 12.0. The molecule has 0 bridgehead atoms. The van der Waals surface area contributed by atoms with E-state index in [1.54, 1.807) is 11.8 Å². The van der Waals surface area contributed by atoms with Crippen LogP contribution < -0.4 is 4.90 Å². The van der Waals surface area contributed by atoms with Gasteiger partial charge in [0.15, 0.2) is 0 Å². The summed E-state index contributed by atoms with van der Waals surface area (Å²) in [6, 6.07) is 5.61. The molecule has 0 radical (unpaired) electrons. The minimum atomic E-state index is 0.0163. The van der Waals surface area contributed by atoms with Crippen molar-refractivity contribution in [2.24, 2.45) is 5.92 Å². The van der Waals surface area contributed by atoms with Gasteiger partial charge in [0, 0.05) is 56.8 Å². The van der Waals surface area contributed by atoms with E-state index < -0.39 is 0 Å². The van der Waals surface area contributed by atoms with Gasteiger partial charge in [-0.05, 0) is 43.0 Å². The Morgan fingerprint density at radius 2 is 1.64 bits per heavy atom. The second kappa shape index (κ2) is 6.17. The normalized spacial score (nSPS) is 19.8. The molecule has 1 saturated carbocycles. The zero-order chi connectivity index (χ0) is 17.6. The molecule has 132 valence electrons. The molecular weight excluding hydrogens is 318 g/mol. The summed E-state index contributed by atoms with van der Waals surface area (Å²) >= 11 is 0. The van der Waals surface area contributed by atoms with Crippen molar-refractivity contribution >= 4 is 23.4 Å². The van der Waals surface area contributed by atoms with Crippen LogP contribution >= 0.6 is 0 Å². The molecule has 2 aliphatic heterocycles. The highest BCUT2D eigenvalue weighted by Crippen LogP contribution is 2.32. The molecule has 0 atom stereocenters. The minimum absolute atomic E-state index is 0.0163. The smallest absolute Gasteiger partial charge is 0.253 e. The van der Waals surface area contributed by atoms with Gasteiger partial charge in [-0.1, -0.05) is 0 Å². The quantitative estimate of drug-likeness (QED) is 0.814. The molecule has 4 rings (SSSR count). The molecule has 2 heterocycles. The van der Waals surface area contributed by atoms with E-state index in [1.807, 2.05) is 28.0 Å². The summed E-state index contributed by atoms with van der Waals surface area (Å²) in [6.07, 6.45) is 2.83. The number of carbonyl (C=O) groups is 3. The number of carbonyl (C=O) groups excluding carboxylic acids is 3. The Bertz CT molecular complexity index is 733. The number of hydrogen-bond acceptors (Lipinski definition) is 3. The number of piperazine rings is 1. The molecule has 1 aliphatic carbocycles. The first-order valence-electron chi connectivity index (χ1n) is 9.03. The van der Waals surface area contributed by atoms with Gasteiger partial charge in [0.1, 0.15) is 0 Å². The van der Waals surface area contributed by atoms with Crippen molar-refractivity contribution in [2.45, 2.75) is 26.2 Å². The summed E-state index contributed by atoms with van der Waals surface area (Å²) in [6.45, 7) is 4.69. The minimum Gasteiger partial charge on any atom is -0.339 e. The Morgan fingerprint density at radius 3 is 2.28 bits per heavy atom. The number of fused-ring (bicyclic) bond motifs is 1. The molecule has 6 nitrogen and oxygen atoms in total. The summed E-state index contributed by atoms with van der Waals surface area (Å²) in [5.74, 6) is 0.550. The Kier molecular flexibility index (Phi) is 3.98. The lowest BCUT2D eigenvalue weighted by atomic mass is 10.1. The molecule has 1 aromatic carbocycles. The summed E-state index contributed by atoms with van der Waals surface area (Å²) in [5, 5.41) is 0. The molecule has 3 aliphatic rings. The lowest BCUT2D eigenvalue weighted by molar-refractivity contribution is -0.134. The van der Waals surface area contributed by atoms with Crippen LogP contribution in [0.4, 0.5) is 5.69 Å². The van der Waals surface area contributed by atoms with Gasteiger partial charge in [-0.3, -0.25) is 14.4 Å². The fourth-order valence-electron chi connectivity index (χ4n) is 3.76. The van der Waals surface area contributed by atoms with Crippen molar-refractivity contribution in [3.05, 3.63) is 29.3 Å². The van der Waals surface area contributed by atoms with Crippen LogP contribution in [0.25, 0.3) is 0 Å². The third kappa shape index (κ3) is 3.01. The van der Waals surface area contributed by atoms with Crippen LogP contribution in [-0.4, -0.2) is 60.2 Å². The van der Waals surface area contributed by atoms with Crippen LogP contribution in [0.3, 0.4) is 0 Å². The molecule has 2 fully saturated rings. The fourth-order valence-corrected chi connectivity index (χ4v) is 3.76. The van der Waals surface area contributed by atoms with Crippen molar-refractivity contribution in [3.8, 4) is 0 Å². The largest absolute Gasteiger partial charge is 0.339 e. The summed E-state index contributed by atoms with van der Waals surface area (Å²) in [4.78, 5) is 42.0. The lowest BCUT2D eigenvalue weighted by Crippen LogP contribution is -2.51. The summed E-state index contributed by atoms with van der Waals surface area (Å²) in [5.41, 5.74) is 2.65. The van der Waals surface area contributed by atoms with E-state index in [-0.39, 0.29) is 23.6 Å². The van der Waals surface area contributed by atoms with Gasteiger partial charge in [-0.2, -0.15) is 0 Å². The van der Waals surface area contributed by atoms with E-state index in [0.29, 0.717) is 38.3 Å². The van der Waals surface area contributed by atoms with Gasteiger partial charge in [0.05, 0.1) is 0 Å². The van der Waals surface area contributed by atoms with Crippen molar-refractivity contribution < 1.29 is 14.4 Å². The highest BCUT2D eigenvalue weighted by molar-refractivity contribution is 5.98. The van der Waals surface area contributed by atoms with Gasteiger partial charge in [0.2, 0.25) is 11.8 Å². The van der Waals surface area contributed by atoms with Crippen LogP contribution in [0.5, 0.6) is 0 Å². The number of hydrogen-bond donors (Lipinski definition) is 0. The maximum Gasteiger partial charge on any atom is 0.253 e. The van der Waals surface area contributed by atoms with Crippen LogP contribution in [0, 0.1) is 5.92 Å². The maximum absolute atomic E-state index is 12.8. The van der Waals surface area contributed by atoms with E-state index >= 15 is 0 Å². The third-order valence-corrected chi connectivity index (χ3v) is 5.41. The maximum atomic E-state index is 12.8. The summed E-state index contributed by atoms with van der Waals surface area (Å²) < 4.78 is 0. The SMILES string of the molecule is CC(=O)N1CCc2cc(C(=O)N3CCN(C(=O)C4CC4)CC3)ccc21. The zero-order valence-corrected chi connectivity index (χ0v) is 14.5. The van der Waals surface area contributed by atoms with Crippen LogP contribution in [-0.2, 0) is 16.0 Å². The number of nitrogens with zero attached hydrogens (tertiary/aromatic N) is 3. The monoisotopic (exact) mass is 341 g/mol. The highest BCUT2D eigenvalue weighted by Gasteiger charge is 2.35. The van der Waals surface area contributed by atoms with E-state index in [0.717, 1.165) is 30.5 Å². The van der Waals surface area contributed by atoms with Crippen molar-refractivity contribution in [1.82, 2.24) is 9.80 Å². The Labute approximate surface area is 147 Å². The Hall–Kier alpha value is -2.37. The molecule has 1 aromatic rings.